The molecule has 0 radical (unpaired) electrons. The summed E-state index contributed by atoms with van der Waals surface area (Å²) in [6, 6.07) is 66.5. The summed E-state index contributed by atoms with van der Waals surface area (Å²) >= 11 is 0. The lowest BCUT2D eigenvalue weighted by atomic mass is 9.98. The lowest BCUT2D eigenvalue weighted by Crippen LogP contribution is -1.98. The van der Waals surface area contributed by atoms with Gasteiger partial charge in [-0.15, -0.1) is 0 Å². The standard InChI is InChI=1S/C53H31N3O2/c1-2-13-35(14-3-1)55-42-27-25-33(30-39(42)50-36-15-5-4-12-32(36)24-28-45(50)55)34-26-29-47-40(31-34)51-38(17-10-22-48(51)58-47)53-54-41-18-7-8-19-43(41)56(53)44-20-11-23-49-52(44)37-16-6-9-21-46(37)57-49/h1-31H. The van der Waals surface area contributed by atoms with Gasteiger partial charge < -0.3 is 13.4 Å². The fraction of sp³-hybridized carbons (Fsp3) is 0. The lowest BCUT2D eigenvalue weighted by molar-refractivity contribution is 0.668. The van der Waals surface area contributed by atoms with Crippen LogP contribution in [0.4, 0.5) is 0 Å². The van der Waals surface area contributed by atoms with E-state index in [2.05, 4.69) is 173 Å². The molecule has 5 heteroatoms. The van der Waals surface area contributed by atoms with Gasteiger partial charge in [0, 0.05) is 38.2 Å². The summed E-state index contributed by atoms with van der Waals surface area (Å²) in [5.74, 6) is 0.847. The molecular formula is C53H31N3O2. The molecule has 270 valence electrons. The average molecular weight is 742 g/mol. The molecule has 0 spiro atoms. The van der Waals surface area contributed by atoms with Crippen molar-refractivity contribution in [2.75, 3.05) is 0 Å². The first-order valence-corrected chi connectivity index (χ1v) is 19.6. The van der Waals surface area contributed by atoms with E-state index >= 15 is 0 Å². The van der Waals surface area contributed by atoms with Crippen molar-refractivity contribution >= 4 is 87.5 Å². The van der Waals surface area contributed by atoms with E-state index in [-0.39, 0.29) is 0 Å². The van der Waals surface area contributed by atoms with E-state index < -0.39 is 0 Å². The second-order valence-corrected chi connectivity index (χ2v) is 15.1. The number of benzene rings is 9. The van der Waals surface area contributed by atoms with E-state index in [4.69, 9.17) is 13.8 Å². The minimum atomic E-state index is 0.822. The maximum atomic E-state index is 6.61. The molecule has 9 aromatic carbocycles. The molecule has 5 nitrogen and oxygen atoms in total. The number of para-hydroxylation sites is 4. The number of nitrogens with zero attached hydrogens (tertiary/aromatic N) is 3. The lowest BCUT2D eigenvalue weighted by Gasteiger charge is -2.12. The van der Waals surface area contributed by atoms with Crippen LogP contribution in [0.25, 0.3) is 121 Å². The van der Waals surface area contributed by atoms with E-state index in [0.717, 1.165) is 88.8 Å². The highest BCUT2D eigenvalue weighted by atomic mass is 16.3. The number of aromatic nitrogens is 3. The second kappa shape index (κ2) is 11.8. The summed E-state index contributed by atoms with van der Waals surface area (Å²) < 4.78 is 17.7. The molecule has 4 aromatic heterocycles. The molecule has 0 aliphatic heterocycles. The third kappa shape index (κ3) is 4.38. The van der Waals surface area contributed by atoms with E-state index in [9.17, 15) is 0 Å². The molecule has 0 amide bonds. The molecule has 0 N–H and O–H groups in total. The number of imidazole rings is 1. The van der Waals surface area contributed by atoms with E-state index in [0.29, 0.717) is 0 Å². The molecule has 58 heavy (non-hydrogen) atoms. The maximum Gasteiger partial charge on any atom is 0.146 e. The predicted octanol–water partition coefficient (Wildman–Crippen LogP) is 14.4. The molecule has 13 rings (SSSR count). The van der Waals surface area contributed by atoms with Crippen LogP contribution in [-0.2, 0) is 0 Å². The first kappa shape index (κ1) is 31.3. The van der Waals surface area contributed by atoms with Gasteiger partial charge in [-0.2, -0.15) is 0 Å². The molecule has 0 aliphatic rings. The molecule has 0 saturated heterocycles. The van der Waals surface area contributed by atoms with Gasteiger partial charge in [0.25, 0.3) is 0 Å². The van der Waals surface area contributed by atoms with Gasteiger partial charge in [-0.1, -0.05) is 109 Å². The van der Waals surface area contributed by atoms with E-state index in [1.165, 1.54) is 32.6 Å². The van der Waals surface area contributed by atoms with Crippen LogP contribution in [0.1, 0.15) is 0 Å². The minimum Gasteiger partial charge on any atom is -0.456 e. The number of hydrogen-bond acceptors (Lipinski definition) is 3. The fourth-order valence-corrected chi connectivity index (χ4v) is 9.41. The molecule has 0 saturated carbocycles. The Morgan fingerprint density at radius 2 is 1.05 bits per heavy atom. The van der Waals surface area contributed by atoms with Crippen molar-refractivity contribution in [1.82, 2.24) is 14.1 Å². The van der Waals surface area contributed by atoms with Gasteiger partial charge in [0.15, 0.2) is 0 Å². The summed E-state index contributed by atoms with van der Waals surface area (Å²) in [5.41, 5.74) is 13.1. The fourth-order valence-electron chi connectivity index (χ4n) is 9.41. The molecule has 0 atom stereocenters. The van der Waals surface area contributed by atoms with E-state index in [1.807, 2.05) is 24.3 Å². The van der Waals surface area contributed by atoms with Gasteiger partial charge >= 0.3 is 0 Å². The smallest absolute Gasteiger partial charge is 0.146 e. The molecule has 0 aliphatic carbocycles. The Balaban J connectivity index is 1.05. The Morgan fingerprint density at radius 1 is 0.379 bits per heavy atom. The summed E-state index contributed by atoms with van der Waals surface area (Å²) in [4.78, 5) is 5.35. The summed E-state index contributed by atoms with van der Waals surface area (Å²) in [5, 5.41) is 9.18. The third-order valence-corrected chi connectivity index (χ3v) is 11.9. The molecule has 13 aromatic rings. The Morgan fingerprint density at radius 3 is 1.95 bits per heavy atom. The summed E-state index contributed by atoms with van der Waals surface area (Å²) in [6.45, 7) is 0. The zero-order valence-electron chi connectivity index (χ0n) is 31.1. The monoisotopic (exact) mass is 741 g/mol. The summed E-state index contributed by atoms with van der Waals surface area (Å²) in [6.07, 6.45) is 0. The Kier molecular flexibility index (Phi) is 6.38. The van der Waals surface area contributed by atoms with Crippen LogP contribution in [-0.4, -0.2) is 14.1 Å². The van der Waals surface area contributed by atoms with Gasteiger partial charge in [0.05, 0.1) is 33.1 Å². The van der Waals surface area contributed by atoms with Crippen molar-refractivity contribution in [1.29, 1.82) is 0 Å². The van der Waals surface area contributed by atoms with Gasteiger partial charge in [-0.05, 0) is 101 Å². The quantitative estimate of drug-likeness (QED) is 0.180. The van der Waals surface area contributed by atoms with E-state index in [1.54, 1.807) is 0 Å². The largest absolute Gasteiger partial charge is 0.456 e. The van der Waals surface area contributed by atoms with Crippen LogP contribution in [0.2, 0.25) is 0 Å². The second-order valence-electron chi connectivity index (χ2n) is 15.1. The van der Waals surface area contributed by atoms with Gasteiger partial charge in [-0.25, -0.2) is 4.98 Å². The molecular weight excluding hydrogens is 711 g/mol. The average Bonchev–Trinajstić information content (AvgIpc) is 4.05. The summed E-state index contributed by atoms with van der Waals surface area (Å²) in [7, 11) is 0. The highest BCUT2D eigenvalue weighted by Gasteiger charge is 2.23. The molecule has 0 fully saturated rings. The number of fused-ring (bicyclic) bond motifs is 12. The predicted molar refractivity (Wildman–Crippen MR) is 238 cm³/mol. The van der Waals surface area contributed by atoms with Gasteiger partial charge in [-0.3, -0.25) is 4.57 Å². The van der Waals surface area contributed by atoms with Crippen LogP contribution in [0.3, 0.4) is 0 Å². The van der Waals surface area contributed by atoms with Crippen LogP contribution >= 0.6 is 0 Å². The van der Waals surface area contributed by atoms with Gasteiger partial charge in [0.1, 0.15) is 28.2 Å². The van der Waals surface area contributed by atoms with Gasteiger partial charge in [0.2, 0.25) is 0 Å². The molecule has 4 heterocycles. The zero-order valence-corrected chi connectivity index (χ0v) is 31.1. The SMILES string of the molecule is c1ccc(-n2c3ccc(-c4ccc5oc6cccc(-c7nc8ccccc8n7-c7cccc8oc9ccccc9c78)c6c5c4)cc3c3c4ccccc4ccc32)cc1. The molecule has 0 unspecified atom stereocenters. The third-order valence-electron chi connectivity index (χ3n) is 11.9. The Hall–Kier alpha value is -7.89. The number of furan rings is 2. The highest BCUT2D eigenvalue weighted by molar-refractivity contribution is 6.22. The van der Waals surface area contributed by atoms with Crippen molar-refractivity contribution < 1.29 is 8.83 Å². The number of hydrogen-bond donors (Lipinski definition) is 0. The zero-order chi connectivity index (χ0) is 37.9. The minimum absolute atomic E-state index is 0.822. The van der Waals surface area contributed by atoms with Crippen molar-refractivity contribution in [3.63, 3.8) is 0 Å². The topological polar surface area (TPSA) is 49.0 Å². The molecule has 0 bridgehead atoms. The normalized spacial score (nSPS) is 12.1. The van der Waals surface area contributed by atoms with Crippen LogP contribution in [0.15, 0.2) is 197 Å². The van der Waals surface area contributed by atoms with Crippen LogP contribution in [0.5, 0.6) is 0 Å². The van der Waals surface area contributed by atoms with Crippen molar-refractivity contribution in [3.05, 3.63) is 188 Å². The highest BCUT2D eigenvalue weighted by Crippen LogP contribution is 2.43. The maximum absolute atomic E-state index is 6.61. The van der Waals surface area contributed by atoms with Crippen molar-refractivity contribution in [2.24, 2.45) is 0 Å². The van der Waals surface area contributed by atoms with Crippen LogP contribution in [0, 0.1) is 0 Å². The Labute approximate surface area is 331 Å². The van der Waals surface area contributed by atoms with Crippen molar-refractivity contribution in [2.45, 2.75) is 0 Å². The number of rotatable bonds is 4. The first-order valence-electron chi connectivity index (χ1n) is 19.6. The van der Waals surface area contributed by atoms with Crippen molar-refractivity contribution in [3.8, 4) is 33.9 Å². The van der Waals surface area contributed by atoms with Crippen LogP contribution < -0.4 is 0 Å². The first-order chi connectivity index (χ1) is 28.8. The Bertz CT molecular complexity index is 3810.